The molecule has 1 aliphatic heterocycles. The summed E-state index contributed by atoms with van der Waals surface area (Å²) >= 11 is 3.25. The number of anilines is 1. The van der Waals surface area contributed by atoms with Crippen LogP contribution in [0.4, 0.5) is 10.2 Å². The lowest BCUT2D eigenvalue weighted by molar-refractivity contribution is -0.118. The smallest absolute Gasteiger partial charge is 0.242 e. The zero-order valence-electron chi connectivity index (χ0n) is 11.4. The van der Waals surface area contributed by atoms with E-state index in [9.17, 15) is 9.18 Å². The van der Waals surface area contributed by atoms with Crippen LogP contribution in [-0.2, 0) is 9.53 Å². The van der Waals surface area contributed by atoms with Crippen molar-refractivity contribution in [1.29, 1.82) is 0 Å². The Morgan fingerprint density at radius 2 is 2.45 bits per heavy atom. The van der Waals surface area contributed by atoms with Gasteiger partial charge in [0.15, 0.2) is 0 Å². The summed E-state index contributed by atoms with van der Waals surface area (Å²) in [6.07, 6.45) is 0.0969. The molecule has 0 aliphatic carbocycles. The van der Waals surface area contributed by atoms with Crippen molar-refractivity contribution in [3.63, 3.8) is 0 Å². The molecule has 1 amide bonds. The number of carbonyl (C=O) groups is 1. The minimum atomic E-state index is -1.49. The molecule has 0 saturated carbocycles. The predicted octanol–water partition coefficient (Wildman–Crippen LogP) is 1.81. The molecule has 2 unspecified atom stereocenters. The second-order valence-electron chi connectivity index (χ2n) is 5.01. The summed E-state index contributed by atoms with van der Waals surface area (Å²) in [5.41, 5.74) is -0.640. The number of aromatic nitrogens is 1. The number of carbonyl (C=O) groups excluding carboxylic acids is 1. The fourth-order valence-corrected chi connectivity index (χ4v) is 2.52. The van der Waals surface area contributed by atoms with E-state index in [0.717, 1.165) is 5.56 Å². The van der Waals surface area contributed by atoms with Gasteiger partial charge in [-0.3, -0.25) is 4.79 Å². The van der Waals surface area contributed by atoms with Gasteiger partial charge < -0.3 is 15.4 Å². The largest absolute Gasteiger partial charge is 0.381 e. The van der Waals surface area contributed by atoms with Gasteiger partial charge in [-0.25, -0.2) is 9.37 Å². The molecule has 1 fully saturated rings. The van der Waals surface area contributed by atoms with Crippen molar-refractivity contribution in [3.05, 3.63) is 22.3 Å². The number of aryl methyl sites for hydroxylation is 1. The molecule has 110 valence electrons. The molecule has 1 aliphatic rings. The number of halogens is 2. The zero-order valence-corrected chi connectivity index (χ0v) is 13.0. The first-order valence-electron chi connectivity index (χ1n) is 6.29. The molecule has 1 aromatic rings. The van der Waals surface area contributed by atoms with E-state index in [4.69, 9.17) is 4.74 Å². The van der Waals surface area contributed by atoms with Crippen LogP contribution in [0.2, 0.25) is 0 Å². The summed E-state index contributed by atoms with van der Waals surface area (Å²) in [6, 6.07) is 3.07. The van der Waals surface area contributed by atoms with Crippen LogP contribution in [-0.4, -0.2) is 42.9 Å². The highest BCUT2D eigenvalue weighted by molar-refractivity contribution is 9.10. The SMILES string of the molecule is COCC1(F)CNC(C(=O)Nc2nc(Br)ccc2C)C1. The van der Waals surface area contributed by atoms with Crippen LogP contribution < -0.4 is 10.6 Å². The molecule has 2 atom stereocenters. The maximum Gasteiger partial charge on any atom is 0.242 e. The first kappa shape index (κ1) is 15.3. The van der Waals surface area contributed by atoms with Crippen LogP contribution >= 0.6 is 15.9 Å². The van der Waals surface area contributed by atoms with Crippen LogP contribution in [0, 0.1) is 6.92 Å². The number of hydrogen-bond donors (Lipinski definition) is 2. The second-order valence-corrected chi connectivity index (χ2v) is 5.82. The monoisotopic (exact) mass is 345 g/mol. The Kier molecular flexibility index (Phi) is 4.72. The van der Waals surface area contributed by atoms with Gasteiger partial charge in [0.2, 0.25) is 5.91 Å². The fourth-order valence-electron chi connectivity index (χ4n) is 2.21. The Hall–Kier alpha value is -1.05. The highest BCUT2D eigenvalue weighted by Gasteiger charge is 2.42. The minimum Gasteiger partial charge on any atom is -0.381 e. The number of alkyl halides is 1. The van der Waals surface area contributed by atoms with Gasteiger partial charge in [0.05, 0.1) is 12.6 Å². The van der Waals surface area contributed by atoms with Crippen LogP contribution in [0.15, 0.2) is 16.7 Å². The summed E-state index contributed by atoms with van der Waals surface area (Å²) in [7, 11) is 1.45. The third-order valence-electron chi connectivity index (χ3n) is 3.26. The quantitative estimate of drug-likeness (QED) is 0.817. The average Bonchev–Trinajstić information content (AvgIpc) is 2.77. The van der Waals surface area contributed by atoms with E-state index in [1.54, 1.807) is 6.07 Å². The lowest BCUT2D eigenvalue weighted by atomic mass is 10.0. The Labute approximate surface area is 125 Å². The van der Waals surface area contributed by atoms with Crippen LogP contribution in [0.1, 0.15) is 12.0 Å². The number of hydrogen-bond acceptors (Lipinski definition) is 4. The van der Waals surface area contributed by atoms with E-state index < -0.39 is 11.7 Å². The maximum atomic E-state index is 14.2. The molecular weight excluding hydrogens is 329 g/mol. The Bertz CT molecular complexity index is 514. The Morgan fingerprint density at radius 3 is 3.15 bits per heavy atom. The molecule has 0 radical (unpaired) electrons. The van der Waals surface area contributed by atoms with Crippen molar-refractivity contribution in [3.8, 4) is 0 Å². The van der Waals surface area contributed by atoms with Gasteiger partial charge in [-0.2, -0.15) is 0 Å². The third kappa shape index (κ3) is 3.53. The molecular formula is C13H17BrFN3O2. The van der Waals surface area contributed by atoms with Crippen molar-refractivity contribution in [2.24, 2.45) is 0 Å². The zero-order chi connectivity index (χ0) is 14.8. The number of nitrogens with zero attached hydrogens (tertiary/aromatic N) is 1. The van der Waals surface area contributed by atoms with E-state index in [1.165, 1.54) is 7.11 Å². The van der Waals surface area contributed by atoms with Crippen molar-refractivity contribution in [2.75, 3.05) is 25.6 Å². The third-order valence-corrected chi connectivity index (χ3v) is 3.70. The lowest BCUT2D eigenvalue weighted by Crippen LogP contribution is -2.35. The van der Waals surface area contributed by atoms with E-state index in [1.807, 2.05) is 13.0 Å². The molecule has 1 aromatic heterocycles. The van der Waals surface area contributed by atoms with Crippen LogP contribution in [0.25, 0.3) is 0 Å². The molecule has 7 heteroatoms. The van der Waals surface area contributed by atoms with Crippen molar-refractivity contribution in [1.82, 2.24) is 10.3 Å². The minimum absolute atomic E-state index is 0.0159. The first-order valence-corrected chi connectivity index (χ1v) is 7.08. The van der Waals surface area contributed by atoms with Crippen molar-refractivity contribution < 1.29 is 13.9 Å². The molecule has 0 aromatic carbocycles. The van der Waals surface area contributed by atoms with Crippen LogP contribution in [0.5, 0.6) is 0 Å². The molecule has 0 spiro atoms. The van der Waals surface area contributed by atoms with E-state index in [-0.39, 0.29) is 25.5 Å². The number of pyridine rings is 1. The number of ether oxygens (including phenoxy) is 1. The van der Waals surface area contributed by atoms with Gasteiger partial charge in [-0.05, 0) is 34.5 Å². The fraction of sp³-hybridized carbons (Fsp3) is 0.538. The second kappa shape index (κ2) is 6.15. The number of amides is 1. The molecule has 20 heavy (non-hydrogen) atoms. The van der Waals surface area contributed by atoms with E-state index in [0.29, 0.717) is 10.4 Å². The van der Waals surface area contributed by atoms with Gasteiger partial charge in [-0.1, -0.05) is 6.07 Å². The molecule has 5 nitrogen and oxygen atoms in total. The van der Waals surface area contributed by atoms with Crippen LogP contribution in [0.3, 0.4) is 0 Å². The molecule has 1 saturated heterocycles. The topological polar surface area (TPSA) is 63.2 Å². The highest BCUT2D eigenvalue weighted by atomic mass is 79.9. The number of methoxy groups -OCH3 is 1. The summed E-state index contributed by atoms with van der Waals surface area (Å²) in [5, 5.41) is 5.60. The molecule has 0 bridgehead atoms. The van der Waals surface area contributed by atoms with E-state index in [2.05, 4.69) is 31.5 Å². The normalized spacial score (nSPS) is 25.7. The van der Waals surface area contributed by atoms with Crippen molar-refractivity contribution in [2.45, 2.75) is 25.1 Å². The van der Waals surface area contributed by atoms with E-state index >= 15 is 0 Å². The van der Waals surface area contributed by atoms with Gasteiger partial charge in [0.25, 0.3) is 0 Å². The number of nitrogens with one attached hydrogen (secondary N) is 2. The molecule has 2 heterocycles. The van der Waals surface area contributed by atoms with Gasteiger partial charge in [0, 0.05) is 20.1 Å². The first-order chi connectivity index (χ1) is 9.43. The van der Waals surface area contributed by atoms with Crippen molar-refractivity contribution >= 4 is 27.7 Å². The standard InChI is InChI=1S/C13H17BrFN3O2/c1-8-3-4-10(14)17-11(8)18-12(19)9-5-13(15,6-16-9)7-20-2/h3-4,9,16H,5-7H2,1-2H3,(H,17,18,19). The predicted molar refractivity (Wildman–Crippen MR) is 77.4 cm³/mol. The molecule has 2 rings (SSSR count). The Balaban J connectivity index is 2.01. The maximum absolute atomic E-state index is 14.2. The lowest BCUT2D eigenvalue weighted by Gasteiger charge is -2.17. The van der Waals surface area contributed by atoms with Gasteiger partial charge in [0.1, 0.15) is 16.1 Å². The molecule has 2 N–H and O–H groups in total. The number of rotatable bonds is 4. The summed E-state index contributed by atoms with van der Waals surface area (Å²) in [6.45, 7) is 1.95. The summed E-state index contributed by atoms with van der Waals surface area (Å²) < 4.78 is 19.7. The summed E-state index contributed by atoms with van der Waals surface area (Å²) in [4.78, 5) is 16.3. The van der Waals surface area contributed by atoms with Gasteiger partial charge >= 0.3 is 0 Å². The average molecular weight is 346 g/mol. The summed E-state index contributed by atoms with van der Waals surface area (Å²) in [5.74, 6) is 0.198. The highest BCUT2D eigenvalue weighted by Crippen LogP contribution is 2.25. The van der Waals surface area contributed by atoms with Gasteiger partial charge in [-0.15, -0.1) is 0 Å². The Morgan fingerprint density at radius 1 is 1.70 bits per heavy atom.